The predicted octanol–water partition coefficient (Wildman–Crippen LogP) is 2.72. The van der Waals surface area contributed by atoms with Crippen molar-refractivity contribution in [1.82, 2.24) is 9.36 Å². The van der Waals surface area contributed by atoms with E-state index in [1.807, 2.05) is 30.3 Å². The number of nitrogens with zero attached hydrogens (tertiary/aromatic N) is 4. The van der Waals surface area contributed by atoms with Gasteiger partial charge in [-0.05, 0) is 37.6 Å². The molecule has 0 fully saturated rings. The number of amides is 1. The molecule has 28 heavy (non-hydrogen) atoms. The van der Waals surface area contributed by atoms with Crippen LogP contribution < -0.4 is 10.2 Å². The van der Waals surface area contributed by atoms with Crippen LogP contribution >= 0.6 is 11.5 Å². The highest BCUT2D eigenvalue weighted by atomic mass is 32.2. The molecular weight excluding hydrogens is 398 g/mol. The molecule has 0 aliphatic heterocycles. The maximum Gasteiger partial charge on any atom is 0.268 e. The lowest BCUT2D eigenvalue weighted by molar-refractivity contribution is -0.112. The van der Waals surface area contributed by atoms with Gasteiger partial charge in [0.25, 0.3) is 11.1 Å². The number of nitrogens with one attached hydrogen (secondary N) is 1. The summed E-state index contributed by atoms with van der Waals surface area (Å²) in [4.78, 5) is 18.3. The first-order valence-electron chi connectivity index (χ1n) is 8.69. The molecule has 1 heterocycles. The van der Waals surface area contributed by atoms with Crippen LogP contribution in [0.25, 0.3) is 6.08 Å². The van der Waals surface area contributed by atoms with Gasteiger partial charge < -0.3 is 4.90 Å². The van der Waals surface area contributed by atoms with Crippen molar-refractivity contribution in [3.05, 3.63) is 35.4 Å². The van der Waals surface area contributed by atoms with E-state index < -0.39 is 15.7 Å². The van der Waals surface area contributed by atoms with Crippen molar-refractivity contribution in [2.24, 2.45) is 0 Å². The Morgan fingerprint density at radius 3 is 2.43 bits per heavy atom. The Bertz CT molecular complexity index is 1000. The number of carbonyl (C=O) groups excluding carboxylic acids is 1. The Morgan fingerprint density at radius 2 is 1.89 bits per heavy atom. The molecule has 2 rings (SSSR count). The van der Waals surface area contributed by atoms with Gasteiger partial charge >= 0.3 is 0 Å². The highest BCUT2D eigenvalue weighted by Crippen LogP contribution is 2.19. The molecule has 10 heteroatoms. The molecule has 2 aromatic rings. The summed E-state index contributed by atoms with van der Waals surface area (Å²) >= 11 is 0.750. The minimum atomic E-state index is -3.55. The normalized spacial score (nSPS) is 11.7. The highest BCUT2D eigenvalue weighted by molar-refractivity contribution is 7.91. The van der Waals surface area contributed by atoms with Gasteiger partial charge in [-0.1, -0.05) is 19.1 Å². The second-order valence-electron chi connectivity index (χ2n) is 5.67. The molecule has 0 radical (unpaired) electrons. The summed E-state index contributed by atoms with van der Waals surface area (Å²) in [6, 6.07) is 9.37. The lowest BCUT2D eigenvalue weighted by atomic mass is 10.1. The second kappa shape index (κ2) is 9.43. The maximum absolute atomic E-state index is 12.3. The van der Waals surface area contributed by atoms with Crippen molar-refractivity contribution in [3.63, 3.8) is 0 Å². The fourth-order valence-corrected chi connectivity index (χ4v) is 3.95. The topological polar surface area (TPSA) is 116 Å². The summed E-state index contributed by atoms with van der Waals surface area (Å²) in [6.45, 7) is 7.39. The Kier molecular flexibility index (Phi) is 7.25. The summed E-state index contributed by atoms with van der Waals surface area (Å²) in [5.74, 6) is -0.809. The molecule has 0 atom stereocenters. The fourth-order valence-electron chi connectivity index (χ4n) is 2.37. The van der Waals surface area contributed by atoms with Gasteiger partial charge in [-0.3, -0.25) is 10.1 Å². The minimum absolute atomic E-state index is 0.0232. The summed E-state index contributed by atoms with van der Waals surface area (Å²) in [7, 11) is -3.55. The lowest BCUT2D eigenvalue weighted by Crippen LogP contribution is -2.21. The maximum atomic E-state index is 12.3. The number of anilines is 2. The molecular formula is C18H21N5O3S2. The van der Waals surface area contributed by atoms with E-state index in [0.29, 0.717) is 5.56 Å². The standard InChI is InChI=1S/C18H21N5O3S2/c1-4-23(5-2)15-9-7-13(8-10-15)11-14(12-19)16(24)20-17-21-18(22-27-17)28(25,26)6-3/h7-11H,4-6H2,1-3H3,(H,20,21,22,24). The SMILES string of the molecule is CCN(CC)c1ccc(C=C(C#N)C(=O)Nc2nc(S(=O)(=O)CC)ns2)cc1. The van der Waals surface area contributed by atoms with Crippen LogP contribution in [0.5, 0.6) is 0 Å². The highest BCUT2D eigenvalue weighted by Gasteiger charge is 2.20. The Labute approximate surface area is 168 Å². The number of sulfone groups is 1. The zero-order valence-electron chi connectivity index (χ0n) is 15.8. The van der Waals surface area contributed by atoms with Crippen LogP contribution in [0.15, 0.2) is 35.0 Å². The molecule has 0 saturated carbocycles. The number of nitriles is 1. The summed E-state index contributed by atoms with van der Waals surface area (Å²) in [5.41, 5.74) is 1.64. The molecule has 0 bridgehead atoms. The molecule has 148 valence electrons. The number of carbonyl (C=O) groups is 1. The van der Waals surface area contributed by atoms with Crippen LogP contribution in [0.2, 0.25) is 0 Å². The average Bonchev–Trinajstić information content (AvgIpc) is 3.17. The van der Waals surface area contributed by atoms with E-state index in [9.17, 15) is 18.5 Å². The molecule has 1 N–H and O–H groups in total. The average molecular weight is 420 g/mol. The molecule has 1 amide bonds. The number of rotatable bonds is 8. The minimum Gasteiger partial charge on any atom is -0.372 e. The summed E-state index contributed by atoms with van der Waals surface area (Å²) in [5, 5.41) is 11.4. The van der Waals surface area contributed by atoms with Crippen LogP contribution in [0.1, 0.15) is 26.3 Å². The lowest BCUT2D eigenvalue weighted by Gasteiger charge is -2.20. The summed E-state index contributed by atoms with van der Waals surface area (Å²) < 4.78 is 27.2. The van der Waals surface area contributed by atoms with Crippen LogP contribution in [0, 0.1) is 11.3 Å². The fraction of sp³-hybridized carbons (Fsp3) is 0.333. The van der Waals surface area contributed by atoms with E-state index >= 15 is 0 Å². The van der Waals surface area contributed by atoms with Crippen LogP contribution in [0.4, 0.5) is 10.8 Å². The zero-order chi connectivity index (χ0) is 20.7. The number of hydrogen-bond acceptors (Lipinski definition) is 8. The molecule has 1 aromatic heterocycles. The Balaban J connectivity index is 2.16. The Hall–Kier alpha value is -2.77. The van der Waals surface area contributed by atoms with Gasteiger partial charge in [0, 0.05) is 30.3 Å². The van der Waals surface area contributed by atoms with E-state index in [2.05, 4.69) is 33.4 Å². The number of benzene rings is 1. The zero-order valence-corrected chi connectivity index (χ0v) is 17.5. The third-order valence-electron chi connectivity index (χ3n) is 3.98. The predicted molar refractivity (Wildman–Crippen MR) is 110 cm³/mol. The van der Waals surface area contributed by atoms with E-state index in [4.69, 9.17) is 0 Å². The van der Waals surface area contributed by atoms with Crippen LogP contribution in [0.3, 0.4) is 0 Å². The largest absolute Gasteiger partial charge is 0.372 e. The van der Waals surface area contributed by atoms with E-state index in [0.717, 1.165) is 30.3 Å². The summed E-state index contributed by atoms with van der Waals surface area (Å²) in [6.07, 6.45) is 1.46. The molecule has 0 spiro atoms. The van der Waals surface area contributed by atoms with Crippen molar-refractivity contribution < 1.29 is 13.2 Å². The molecule has 0 unspecified atom stereocenters. The van der Waals surface area contributed by atoms with Gasteiger partial charge in [0.1, 0.15) is 11.6 Å². The van der Waals surface area contributed by atoms with Crippen LogP contribution in [-0.2, 0) is 14.6 Å². The quantitative estimate of drug-likeness (QED) is 0.516. The van der Waals surface area contributed by atoms with E-state index in [1.54, 1.807) is 0 Å². The van der Waals surface area contributed by atoms with E-state index in [1.165, 1.54) is 13.0 Å². The van der Waals surface area contributed by atoms with Crippen molar-refractivity contribution in [1.29, 1.82) is 5.26 Å². The number of aromatic nitrogens is 2. The number of hydrogen-bond donors (Lipinski definition) is 1. The Morgan fingerprint density at radius 1 is 1.25 bits per heavy atom. The van der Waals surface area contributed by atoms with Gasteiger partial charge in [-0.25, -0.2) is 8.42 Å². The van der Waals surface area contributed by atoms with Crippen LogP contribution in [-0.4, -0.2) is 42.5 Å². The van der Waals surface area contributed by atoms with Crippen molar-refractivity contribution in [3.8, 4) is 6.07 Å². The molecule has 0 aliphatic carbocycles. The van der Waals surface area contributed by atoms with Gasteiger partial charge in [-0.2, -0.15) is 14.6 Å². The first-order valence-corrected chi connectivity index (χ1v) is 11.1. The van der Waals surface area contributed by atoms with Gasteiger partial charge in [-0.15, -0.1) is 0 Å². The monoisotopic (exact) mass is 419 g/mol. The molecule has 0 saturated heterocycles. The van der Waals surface area contributed by atoms with Crippen molar-refractivity contribution in [2.75, 3.05) is 29.1 Å². The third kappa shape index (κ3) is 5.15. The van der Waals surface area contributed by atoms with Gasteiger partial charge in [0.2, 0.25) is 15.0 Å². The smallest absolute Gasteiger partial charge is 0.268 e. The van der Waals surface area contributed by atoms with Crippen molar-refractivity contribution >= 4 is 44.2 Å². The van der Waals surface area contributed by atoms with Crippen molar-refractivity contribution in [2.45, 2.75) is 25.9 Å². The third-order valence-corrected chi connectivity index (χ3v) is 6.23. The first-order chi connectivity index (χ1) is 13.3. The first kappa shape index (κ1) is 21.5. The second-order valence-corrected chi connectivity index (χ2v) is 8.60. The van der Waals surface area contributed by atoms with E-state index in [-0.39, 0.29) is 21.6 Å². The molecule has 0 aliphatic rings. The van der Waals surface area contributed by atoms with Gasteiger partial charge in [0.05, 0.1) is 5.75 Å². The van der Waals surface area contributed by atoms with Gasteiger partial charge in [0.15, 0.2) is 0 Å². The molecule has 1 aromatic carbocycles. The molecule has 8 nitrogen and oxygen atoms in total.